The lowest BCUT2D eigenvalue weighted by molar-refractivity contribution is 0.456. The van der Waals surface area contributed by atoms with Gasteiger partial charge in [0.25, 0.3) is 10.0 Å². The Hall–Kier alpha value is -3.22. The van der Waals surface area contributed by atoms with Crippen LogP contribution in [0.15, 0.2) is 83.9 Å². The van der Waals surface area contributed by atoms with Crippen LogP contribution in [0.25, 0.3) is 11.3 Å². The molecule has 30 heavy (non-hydrogen) atoms. The second-order valence-electron chi connectivity index (χ2n) is 6.37. The number of hydrogen-bond donors (Lipinski definition) is 0. The number of rotatable bonds is 5. The Kier molecular flexibility index (Phi) is 5.53. The maximum atomic E-state index is 12.3. The van der Waals surface area contributed by atoms with E-state index in [2.05, 4.69) is 25.4 Å². The fraction of sp³-hybridized carbons (Fsp3) is 0.0952. The summed E-state index contributed by atoms with van der Waals surface area (Å²) in [5, 5.41) is 14.8. The zero-order chi connectivity index (χ0) is 21.1. The first kappa shape index (κ1) is 20.1. The van der Waals surface area contributed by atoms with Gasteiger partial charge in [-0.1, -0.05) is 40.2 Å². The number of halogens is 1. The molecule has 1 aliphatic rings. The topological polar surface area (TPSA) is 99.0 Å². The molecule has 9 heteroatoms. The van der Waals surface area contributed by atoms with Crippen molar-refractivity contribution in [3.05, 3.63) is 76.5 Å². The van der Waals surface area contributed by atoms with Crippen molar-refractivity contribution in [3.63, 3.8) is 0 Å². The Morgan fingerprint density at radius 2 is 1.90 bits per heavy atom. The van der Waals surface area contributed by atoms with Gasteiger partial charge in [-0.05, 0) is 36.4 Å². The smallest absolute Gasteiger partial charge is 0.285 e. The van der Waals surface area contributed by atoms with Gasteiger partial charge in [0.2, 0.25) is 0 Å². The zero-order valence-corrected chi connectivity index (χ0v) is 18.0. The van der Waals surface area contributed by atoms with E-state index in [4.69, 9.17) is 9.68 Å². The molecule has 3 aromatic rings. The van der Waals surface area contributed by atoms with E-state index in [1.807, 2.05) is 36.4 Å². The molecule has 7 nitrogen and oxygen atoms in total. The normalized spacial score (nSPS) is 14.3. The van der Waals surface area contributed by atoms with Crippen molar-refractivity contribution in [2.75, 3.05) is 6.54 Å². The number of amidine groups is 1. The molecule has 150 valence electrons. The molecule has 0 spiro atoms. The Morgan fingerprint density at radius 3 is 2.67 bits per heavy atom. The second-order valence-corrected chi connectivity index (χ2v) is 8.86. The molecule has 0 saturated carbocycles. The average Bonchev–Trinajstić information content (AvgIpc) is 3.32. The molecule has 0 N–H and O–H groups in total. The van der Waals surface area contributed by atoms with Gasteiger partial charge in [0.1, 0.15) is 16.4 Å². The molecule has 1 aromatic heterocycles. The number of hydrogen-bond acceptors (Lipinski definition) is 6. The van der Waals surface area contributed by atoms with E-state index in [9.17, 15) is 8.42 Å². The van der Waals surface area contributed by atoms with Crippen molar-refractivity contribution in [1.82, 2.24) is 5.01 Å². The summed E-state index contributed by atoms with van der Waals surface area (Å²) in [4.78, 5) is 0.132. The molecule has 2 aromatic carbocycles. The van der Waals surface area contributed by atoms with E-state index in [1.165, 1.54) is 17.3 Å². The monoisotopic (exact) mass is 482 g/mol. The van der Waals surface area contributed by atoms with Gasteiger partial charge >= 0.3 is 0 Å². The summed E-state index contributed by atoms with van der Waals surface area (Å²) in [5.74, 6) is 1.36. The van der Waals surface area contributed by atoms with Gasteiger partial charge in [0.05, 0.1) is 25.2 Å². The highest BCUT2D eigenvalue weighted by Crippen LogP contribution is 2.28. The summed E-state index contributed by atoms with van der Waals surface area (Å²) in [5.41, 5.74) is 1.38. The van der Waals surface area contributed by atoms with Crippen molar-refractivity contribution < 1.29 is 12.8 Å². The number of benzene rings is 2. The number of nitriles is 1. The molecule has 4 rings (SSSR count). The molecule has 0 bridgehead atoms. The van der Waals surface area contributed by atoms with Crippen LogP contribution in [0.2, 0.25) is 0 Å². The van der Waals surface area contributed by atoms with Gasteiger partial charge in [-0.3, -0.25) is 0 Å². The summed E-state index contributed by atoms with van der Waals surface area (Å²) in [7, 11) is -3.78. The Labute approximate surface area is 182 Å². The third-order valence-corrected chi connectivity index (χ3v) is 6.23. The van der Waals surface area contributed by atoms with Crippen LogP contribution >= 0.6 is 15.9 Å². The number of fused-ring (bicyclic) bond motifs is 1. The number of hydrazone groups is 1. The summed E-state index contributed by atoms with van der Waals surface area (Å²) in [6.45, 7) is 0.190. The van der Waals surface area contributed by atoms with Gasteiger partial charge in [0, 0.05) is 15.6 Å². The number of nitrogens with zero attached hydrogens (tertiary/aromatic N) is 4. The van der Waals surface area contributed by atoms with Crippen LogP contribution in [0.4, 0.5) is 0 Å². The lowest BCUT2D eigenvalue weighted by Crippen LogP contribution is -2.27. The minimum Gasteiger partial charge on any atom is -0.455 e. The Bertz CT molecular complexity index is 1290. The summed E-state index contributed by atoms with van der Waals surface area (Å²) in [6.07, 6.45) is 1.64. The lowest BCUT2D eigenvalue weighted by Gasteiger charge is -2.17. The van der Waals surface area contributed by atoms with Crippen molar-refractivity contribution in [2.45, 2.75) is 11.3 Å². The van der Waals surface area contributed by atoms with Gasteiger partial charge in [-0.2, -0.15) is 18.8 Å². The molecular formula is C21H15BrN4O3S. The van der Waals surface area contributed by atoms with Crippen LogP contribution < -0.4 is 0 Å². The van der Waals surface area contributed by atoms with E-state index >= 15 is 0 Å². The molecule has 1 aliphatic heterocycles. The molecule has 2 heterocycles. The van der Waals surface area contributed by atoms with E-state index in [0.717, 1.165) is 10.0 Å². The summed E-state index contributed by atoms with van der Waals surface area (Å²) in [6, 6.07) is 19.9. The quantitative estimate of drug-likeness (QED) is 0.396. The van der Waals surface area contributed by atoms with E-state index in [0.29, 0.717) is 17.1 Å². The largest absolute Gasteiger partial charge is 0.455 e. The molecule has 0 amide bonds. The molecule has 0 atom stereocenters. The molecule has 0 saturated heterocycles. The first-order valence-corrected chi connectivity index (χ1v) is 11.2. The standard InChI is InChI=1S/C21H15BrN4O3S/c22-16-8-6-15(7-9-16)19-11-10-17(29-19)14-24-26(13-3-12-23)21-18-4-1-2-5-20(18)30(27,28)25-21/h1-2,4-11,14H,3,13H2/b24-14-. The number of furan rings is 1. The van der Waals surface area contributed by atoms with E-state index in [-0.39, 0.29) is 23.7 Å². The number of sulfonamides is 1. The van der Waals surface area contributed by atoms with Gasteiger partial charge in [-0.25, -0.2) is 5.01 Å². The maximum Gasteiger partial charge on any atom is 0.285 e. The van der Waals surface area contributed by atoms with Gasteiger partial charge in [-0.15, -0.1) is 4.40 Å². The molecule has 0 radical (unpaired) electrons. The fourth-order valence-electron chi connectivity index (χ4n) is 2.97. The molecular weight excluding hydrogens is 468 g/mol. The van der Waals surface area contributed by atoms with Gasteiger partial charge < -0.3 is 4.42 Å². The third kappa shape index (κ3) is 4.06. The maximum absolute atomic E-state index is 12.3. The van der Waals surface area contributed by atoms with Crippen LogP contribution in [0.5, 0.6) is 0 Å². The Balaban J connectivity index is 1.63. The highest BCUT2D eigenvalue weighted by molar-refractivity contribution is 9.10. The van der Waals surface area contributed by atoms with Crippen molar-refractivity contribution in [3.8, 4) is 17.4 Å². The average molecular weight is 483 g/mol. The van der Waals surface area contributed by atoms with Crippen LogP contribution in [0.3, 0.4) is 0 Å². The van der Waals surface area contributed by atoms with Crippen molar-refractivity contribution >= 4 is 38.0 Å². The van der Waals surface area contributed by atoms with Crippen LogP contribution in [0.1, 0.15) is 17.7 Å². The predicted molar refractivity (Wildman–Crippen MR) is 117 cm³/mol. The van der Waals surface area contributed by atoms with Gasteiger partial charge in [0.15, 0.2) is 5.84 Å². The second kappa shape index (κ2) is 8.26. The van der Waals surface area contributed by atoms with Crippen LogP contribution in [-0.2, 0) is 10.0 Å². The third-order valence-electron chi connectivity index (χ3n) is 4.37. The molecule has 0 unspecified atom stereocenters. The molecule has 0 aliphatic carbocycles. The molecule has 0 fully saturated rings. The minimum absolute atomic E-state index is 0.132. The van der Waals surface area contributed by atoms with E-state index in [1.54, 1.807) is 24.3 Å². The van der Waals surface area contributed by atoms with Crippen LogP contribution in [-0.4, -0.2) is 32.0 Å². The van der Waals surface area contributed by atoms with Crippen molar-refractivity contribution in [2.24, 2.45) is 9.50 Å². The summed E-state index contributed by atoms with van der Waals surface area (Å²) < 4.78 is 35.4. The first-order valence-electron chi connectivity index (χ1n) is 8.96. The first-order chi connectivity index (χ1) is 14.5. The predicted octanol–water partition coefficient (Wildman–Crippen LogP) is 4.41. The lowest BCUT2D eigenvalue weighted by atomic mass is 10.2. The highest BCUT2D eigenvalue weighted by Gasteiger charge is 2.31. The SMILES string of the molecule is N#CCCN(/N=C\c1ccc(-c2ccc(Br)cc2)o1)C1=NS(=O)(=O)c2ccccc21. The Morgan fingerprint density at radius 1 is 1.13 bits per heavy atom. The fourth-order valence-corrected chi connectivity index (χ4v) is 4.44. The van der Waals surface area contributed by atoms with E-state index < -0.39 is 10.0 Å². The van der Waals surface area contributed by atoms with Crippen molar-refractivity contribution in [1.29, 1.82) is 5.26 Å². The zero-order valence-electron chi connectivity index (χ0n) is 15.6. The highest BCUT2D eigenvalue weighted by atomic mass is 79.9. The van der Waals surface area contributed by atoms with Crippen LogP contribution in [0, 0.1) is 11.3 Å². The minimum atomic E-state index is -3.78. The summed E-state index contributed by atoms with van der Waals surface area (Å²) >= 11 is 3.40.